The first-order valence-corrected chi connectivity index (χ1v) is 7.13. The highest BCUT2D eigenvalue weighted by Crippen LogP contribution is 2.21. The maximum absolute atomic E-state index is 10.5. The second-order valence-corrected chi connectivity index (χ2v) is 6.00. The molecule has 1 unspecified atom stereocenters. The molecule has 1 aromatic heterocycles. The molecular formula is C13H13ClN2O3S. The minimum atomic E-state index is -0.703. The molecule has 1 atom stereocenters. The van der Waals surface area contributed by atoms with Gasteiger partial charge in [-0.15, -0.1) is 11.3 Å². The lowest BCUT2D eigenvalue weighted by Gasteiger charge is -2.11. The molecule has 2 rings (SSSR count). The van der Waals surface area contributed by atoms with Crippen LogP contribution in [-0.4, -0.2) is 16.6 Å². The van der Waals surface area contributed by atoms with Crippen molar-refractivity contribution in [3.8, 4) is 0 Å². The molecule has 0 aliphatic heterocycles. The Bertz CT molecular complexity index is 586. The van der Waals surface area contributed by atoms with E-state index in [1.54, 1.807) is 12.1 Å². The molecule has 1 aromatic carbocycles. The van der Waals surface area contributed by atoms with Crippen molar-refractivity contribution in [1.82, 2.24) is 5.32 Å². The lowest BCUT2D eigenvalue weighted by Crippen LogP contribution is -2.20. The lowest BCUT2D eigenvalue weighted by atomic mass is 10.1. The number of rotatable bonds is 6. The van der Waals surface area contributed by atoms with Crippen LogP contribution in [0.15, 0.2) is 36.4 Å². The molecule has 106 valence electrons. The third-order valence-electron chi connectivity index (χ3n) is 2.75. The van der Waals surface area contributed by atoms with Gasteiger partial charge in [-0.3, -0.25) is 10.1 Å². The molecule has 0 spiro atoms. The van der Waals surface area contributed by atoms with E-state index in [9.17, 15) is 15.2 Å². The number of halogens is 1. The summed E-state index contributed by atoms with van der Waals surface area (Å²) < 4.78 is 0.734. The van der Waals surface area contributed by atoms with Crippen molar-refractivity contribution in [2.45, 2.75) is 12.6 Å². The Hall–Kier alpha value is -1.47. The first kappa shape index (κ1) is 14.9. The van der Waals surface area contributed by atoms with Gasteiger partial charge in [-0.2, -0.15) is 0 Å². The van der Waals surface area contributed by atoms with Gasteiger partial charge in [0.25, 0.3) is 5.69 Å². The highest BCUT2D eigenvalue weighted by Gasteiger charge is 2.10. The average Bonchev–Trinajstić information content (AvgIpc) is 2.84. The summed E-state index contributed by atoms with van der Waals surface area (Å²) in [5.41, 5.74) is 0.662. The van der Waals surface area contributed by atoms with Gasteiger partial charge in [-0.1, -0.05) is 11.6 Å². The molecule has 5 nitrogen and oxygen atoms in total. The summed E-state index contributed by atoms with van der Waals surface area (Å²) in [6, 6.07) is 9.66. The third kappa shape index (κ3) is 4.01. The van der Waals surface area contributed by atoms with Crippen molar-refractivity contribution in [3.63, 3.8) is 0 Å². The van der Waals surface area contributed by atoms with Crippen LogP contribution < -0.4 is 5.32 Å². The van der Waals surface area contributed by atoms with E-state index in [1.165, 1.54) is 23.5 Å². The van der Waals surface area contributed by atoms with Crippen LogP contribution in [0.25, 0.3) is 0 Å². The molecule has 0 saturated heterocycles. The summed E-state index contributed by atoms with van der Waals surface area (Å²) in [6.07, 6.45) is -0.703. The number of aliphatic hydroxyl groups is 1. The van der Waals surface area contributed by atoms with Crippen LogP contribution >= 0.6 is 22.9 Å². The van der Waals surface area contributed by atoms with Crippen molar-refractivity contribution >= 4 is 28.6 Å². The van der Waals surface area contributed by atoms with Crippen LogP contribution in [0.2, 0.25) is 4.34 Å². The standard InChI is InChI=1S/C13H13ClN2O3S/c14-13-6-5-11(20-13)7-15-8-12(17)9-1-3-10(4-2-9)16(18)19/h1-6,12,15,17H,7-8H2. The van der Waals surface area contributed by atoms with E-state index in [0.717, 1.165) is 9.21 Å². The zero-order valence-electron chi connectivity index (χ0n) is 10.5. The molecular weight excluding hydrogens is 300 g/mol. The summed E-state index contributed by atoms with van der Waals surface area (Å²) in [7, 11) is 0. The first-order chi connectivity index (χ1) is 9.56. The average molecular weight is 313 g/mol. The summed E-state index contributed by atoms with van der Waals surface area (Å²) in [5.74, 6) is 0. The summed E-state index contributed by atoms with van der Waals surface area (Å²) in [5, 5.41) is 23.6. The smallest absolute Gasteiger partial charge is 0.269 e. The SMILES string of the molecule is O=[N+]([O-])c1ccc(C(O)CNCc2ccc(Cl)s2)cc1. The van der Waals surface area contributed by atoms with E-state index in [4.69, 9.17) is 11.6 Å². The molecule has 0 aliphatic rings. The zero-order chi connectivity index (χ0) is 14.5. The quantitative estimate of drug-likeness (QED) is 0.634. The van der Waals surface area contributed by atoms with E-state index in [0.29, 0.717) is 18.7 Å². The number of thiophene rings is 1. The minimum absolute atomic E-state index is 0.0159. The Balaban J connectivity index is 1.85. The number of nitro benzene ring substituents is 1. The van der Waals surface area contributed by atoms with Crippen LogP contribution in [0.5, 0.6) is 0 Å². The predicted octanol–water partition coefficient (Wildman–Crippen LogP) is 3.13. The molecule has 20 heavy (non-hydrogen) atoms. The van der Waals surface area contributed by atoms with Gasteiger partial charge in [0, 0.05) is 30.1 Å². The van der Waals surface area contributed by atoms with Crippen molar-refractivity contribution in [1.29, 1.82) is 0 Å². The van der Waals surface area contributed by atoms with Crippen molar-refractivity contribution < 1.29 is 10.0 Å². The maximum atomic E-state index is 10.5. The van der Waals surface area contributed by atoms with E-state index in [2.05, 4.69) is 5.32 Å². The fourth-order valence-corrected chi connectivity index (χ4v) is 2.77. The van der Waals surface area contributed by atoms with Gasteiger partial charge in [0.05, 0.1) is 15.4 Å². The van der Waals surface area contributed by atoms with Crippen molar-refractivity contribution in [2.24, 2.45) is 0 Å². The molecule has 0 aliphatic carbocycles. The van der Waals surface area contributed by atoms with E-state index in [-0.39, 0.29) is 5.69 Å². The predicted molar refractivity (Wildman–Crippen MR) is 79.1 cm³/mol. The van der Waals surface area contributed by atoms with Gasteiger partial charge in [0.2, 0.25) is 0 Å². The molecule has 0 radical (unpaired) electrons. The maximum Gasteiger partial charge on any atom is 0.269 e. The number of aliphatic hydroxyl groups excluding tert-OH is 1. The molecule has 0 amide bonds. The summed E-state index contributed by atoms with van der Waals surface area (Å²) in [6.45, 7) is 0.995. The molecule has 0 fully saturated rings. The minimum Gasteiger partial charge on any atom is -0.387 e. The molecule has 1 heterocycles. The van der Waals surface area contributed by atoms with Gasteiger partial charge >= 0.3 is 0 Å². The largest absolute Gasteiger partial charge is 0.387 e. The fraction of sp³-hybridized carbons (Fsp3) is 0.231. The topological polar surface area (TPSA) is 75.4 Å². The van der Waals surface area contributed by atoms with Crippen LogP contribution in [-0.2, 0) is 6.54 Å². The van der Waals surface area contributed by atoms with Gasteiger partial charge < -0.3 is 10.4 Å². The highest BCUT2D eigenvalue weighted by atomic mass is 35.5. The van der Waals surface area contributed by atoms with Crippen LogP contribution in [0.3, 0.4) is 0 Å². The van der Waals surface area contributed by atoms with E-state index < -0.39 is 11.0 Å². The molecule has 0 saturated carbocycles. The van der Waals surface area contributed by atoms with Crippen LogP contribution in [0, 0.1) is 10.1 Å². The Morgan fingerprint density at radius 2 is 2.00 bits per heavy atom. The third-order valence-corrected chi connectivity index (χ3v) is 3.99. The Labute approximate surface area is 125 Å². The normalized spacial score (nSPS) is 12.3. The molecule has 2 N–H and O–H groups in total. The van der Waals surface area contributed by atoms with E-state index >= 15 is 0 Å². The van der Waals surface area contributed by atoms with Gasteiger partial charge in [-0.25, -0.2) is 0 Å². The van der Waals surface area contributed by atoms with Gasteiger partial charge in [0.15, 0.2) is 0 Å². The monoisotopic (exact) mass is 312 g/mol. The molecule has 0 bridgehead atoms. The van der Waals surface area contributed by atoms with Crippen molar-refractivity contribution in [3.05, 3.63) is 61.3 Å². The number of hydrogen-bond donors (Lipinski definition) is 2. The Morgan fingerprint density at radius 1 is 1.30 bits per heavy atom. The zero-order valence-corrected chi connectivity index (χ0v) is 12.0. The van der Waals surface area contributed by atoms with Crippen molar-refractivity contribution in [2.75, 3.05) is 6.54 Å². The summed E-state index contributed by atoms with van der Waals surface area (Å²) in [4.78, 5) is 11.2. The van der Waals surface area contributed by atoms with Crippen LogP contribution in [0.1, 0.15) is 16.5 Å². The number of benzene rings is 1. The first-order valence-electron chi connectivity index (χ1n) is 5.93. The van der Waals surface area contributed by atoms with Gasteiger partial charge in [0.1, 0.15) is 0 Å². The van der Waals surface area contributed by atoms with Gasteiger partial charge in [-0.05, 0) is 29.8 Å². The fourth-order valence-electron chi connectivity index (χ4n) is 1.71. The molecule has 2 aromatic rings. The second kappa shape index (κ2) is 6.81. The number of hydrogen-bond acceptors (Lipinski definition) is 5. The van der Waals surface area contributed by atoms with Crippen LogP contribution in [0.4, 0.5) is 5.69 Å². The Kier molecular flexibility index (Phi) is 5.08. The number of non-ortho nitro benzene ring substituents is 1. The number of nitrogens with one attached hydrogen (secondary N) is 1. The summed E-state index contributed by atoms with van der Waals surface area (Å²) >= 11 is 7.31. The second-order valence-electron chi connectivity index (χ2n) is 4.20. The molecule has 7 heteroatoms. The number of nitro groups is 1. The highest BCUT2D eigenvalue weighted by molar-refractivity contribution is 7.16. The number of nitrogens with zero attached hydrogens (tertiary/aromatic N) is 1. The lowest BCUT2D eigenvalue weighted by molar-refractivity contribution is -0.384. The van der Waals surface area contributed by atoms with E-state index in [1.807, 2.05) is 12.1 Å². The Morgan fingerprint density at radius 3 is 2.55 bits per heavy atom.